The van der Waals surface area contributed by atoms with Crippen molar-refractivity contribution in [2.24, 2.45) is 10.7 Å². The number of halogens is 1. The summed E-state index contributed by atoms with van der Waals surface area (Å²) >= 11 is 0. The Morgan fingerprint density at radius 1 is 1.18 bits per heavy atom. The number of nitrogens with zero attached hydrogens (tertiary/aromatic N) is 3. The Kier molecular flexibility index (Phi) is 6.15. The third kappa shape index (κ3) is 4.76. The highest BCUT2D eigenvalue weighted by atomic mass is 32.2. The number of H-pyrrole nitrogens is 1. The molecule has 0 fully saturated rings. The highest BCUT2D eigenvalue weighted by molar-refractivity contribution is 7.88. The molecule has 0 radical (unpaired) electrons. The second-order valence-electron chi connectivity index (χ2n) is 9.49. The first-order chi connectivity index (χ1) is 18.2. The molecule has 0 spiro atoms. The monoisotopic (exact) mass is 531 g/mol. The van der Waals surface area contributed by atoms with E-state index in [9.17, 15) is 12.8 Å². The number of rotatable bonds is 6. The van der Waals surface area contributed by atoms with Gasteiger partial charge in [-0.2, -0.15) is 0 Å². The van der Waals surface area contributed by atoms with Gasteiger partial charge in [-0.15, -0.1) is 0 Å². The zero-order chi connectivity index (χ0) is 26.4. The van der Waals surface area contributed by atoms with E-state index < -0.39 is 22.0 Å². The average Bonchev–Trinajstić information content (AvgIpc) is 3.48. The number of pyridine rings is 2. The van der Waals surface area contributed by atoms with Crippen LogP contribution in [0.15, 0.2) is 59.7 Å². The Hall–Kier alpha value is -3.77. The summed E-state index contributed by atoms with van der Waals surface area (Å²) in [5.41, 5.74) is 13.9. The fourth-order valence-electron chi connectivity index (χ4n) is 4.93. The first-order valence-electron chi connectivity index (χ1n) is 12.2. The van der Waals surface area contributed by atoms with Gasteiger partial charge >= 0.3 is 0 Å². The molecule has 9 nitrogen and oxygen atoms in total. The number of hydrogen-bond donors (Lipinski definition) is 4. The molecule has 2 aliphatic heterocycles. The second-order valence-corrected chi connectivity index (χ2v) is 11.3. The maximum atomic E-state index is 14.5. The van der Waals surface area contributed by atoms with E-state index in [0.717, 1.165) is 53.7 Å². The first kappa shape index (κ1) is 24.6. The van der Waals surface area contributed by atoms with Crippen molar-refractivity contribution in [1.29, 1.82) is 0 Å². The molecule has 194 valence electrons. The molecule has 0 bridgehead atoms. The van der Waals surface area contributed by atoms with Gasteiger partial charge in [-0.25, -0.2) is 27.5 Å². The maximum Gasteiger partial charge on any atom is 0.209 e. The van der Waals surface area contributed by atoms with Crippen LogP contribution in [0.4, 0.5) is 4.39 Å². The van der Waals surface area contributed by atoms with Gasteiger partial charge in [0.15, 0.2) is 0 Å². The first-order valence-corrected chi connectivity index (χ1v) is 14.1. The number of benzene rings is 1. The second kappa shape index (κ2) is 9.52. The van der Waals surface area contributed by atoms with Crippen LogP contribution in [0.25, 0.3) is 27.7 Å². The van der Waals surface area contributed by atoms with Gasteiger partial charge in [0.05, 0.1) is 23.3 Å². The molecule has 11 heteroatoms. The molecular weight excluding hydrogens is 505 g/mol. The van der Waals surface area contributed by atoms with E-state index in [-0.39, 0.29) is 6.54 Å². The van der Waals surface area contributed by atoms with Gasteiger partial charge in [-0.05, 0) is 71.6 Å². The number of sulfonamides is 1. The van der Waals surface area contributed by atoms with Gasteiger partial charge in [0, 0.05) is 30.2 Å². The van der Waals surface area contributed by atoms with Crippen LogP contribution in [-0.2, 0) is 16.6 Å². The lowest BCUT2D eigenvalue weighted by molar-refractivity contribution is 0.586. The largest absolute Gasteiger partial charge is 0.338 e. The summed E-state index contributed by atoms with van der Waals surface area (Å²) in [7, 11) is -3.42. The van der Waals surface area contributed by atoms with E-state index in [1.54, 1.807) is 18.3 Å². The van der Waals surface area contributed by atoms with Gasteiger partial charge < -0.3 is 16.0 Å². The summed E-state index contributed by atoms with van der Waals surface area (Å²) in [6.07, 6.45) is 5.25. The lowest BCUT2D eigenvalue weighted by atomic mass is 10.0. The third-order valence-corrected chi connectivity index (χ3v) is 7.39. The summed E-state index contributed by atoms with van der Waals surface area (Å²) in [4.78, 5) is 17.5. The SMILES string of the molecule is CS(=O)(=O)NCc1cc(F)cc(-c2ccnc3[nH]c(C4=NC(N)c5ccc(C6=CCNCC6)nc54)cc23)c1. The number of nitrogens with two attached hydrogens (primary N) is 1. The summed E-state index contributed by atoms with van der Waals surface area (Å²) in [6.45, 7) is 1.72. The van der Waals surface area contributed by atoms with Crippen molar-refractivity contribution in [2.45, 2.75) is 19.1 Å². The average molecular weight is 532 g/mol. The van der Waals surface area contributed by atoms with Crippen LogP contribution in [0.1, 0.15) is 40.8 Å². The van der Waals surface area contributed by atoms with Gasteiger partial charge in [0.25, 0.3) is 0 Å². The Balaban J connectivity index is 1.40. The standard InChI is InChI=1S/C27H26FN7O2S/c1-38(36,37)32-14-15-10-17(12-18(28)11-15)19-6-9-31-27-21(19)13-23(34-27)25-24-20(26(29)35-25)2-3-22(33-24)16-4-7-30-8-5-16/h2-4,6,9-13,26,30,32H,5,7-8,14,29H2,1H3,(H,31,34). The van der Waals surface area contributed by atoms with E-state index in [1.165, 1.54) is 17.7 Å². The highest BCUT2D eigenvalue weighted by Crippen LogP contribution is 2.33. The summed E-state index contributed by atoms with van der Waals surface area (Å²) in [5, 5.41) is 4.09. The van der Waals surface area contributed by atoms with Crippen molar-refractivity contribution in [1.82, 2.24) is 25.0 Å². The van der Waals surface area contributed by atoms with Crippen LogP contribution < -0.4 is 15.8 Å². The van der Waals surface area contributed by atoms with E-state index in [4.69, 9.17) is 15.7 Å². The zero-order valence-electron chi connectivity index (χ0n) is 20.6. The van der Waals surface area contributed by atoms with Crippen molar-refractivity contribution in [3.05, 3.63) is 88.8 Å². The topological polar surface area (TPSA) is 138 Å². The van der Waals surface area contributed by atoms with Crippen LogP contribution >= 0.6 is 0 Å². The minimum absolute atomic E-state index is 0.0117. The fourth-order valence-corrected chi connectivity index (χ4v) is 5.36. The molecule has 0 saturated carbocycles. The smallest absolute Gasteiger partial charge is 0.209 e. The molecule has 5 heterocycles. The number of aromatic amines is 1. The fraction of sp³-hybridized carbons (Fsp3) is 0.222. The molecule has 3 aromatic heterocycles. The predicted octanol–water partition coefficient (Wildman–Crippen LogP) is 3.00. The minimum atomic E-state index is -3.42. The highest BCUT2D eigenvalue weighted by Gasteiger charge is 2.27. The molecule has 38 heavy (non-hydrogen) atoms. The van der Waals surface area contributed by atoms with Gasteiger partial charge in [-0.1, -0.05) is 12.1 Å². The minimum Gasteiger partial charge on any atom is -0.338 e. The summed E-state index contributed by atoms with van der Waals surface area (Å²) in [5.74, 6) is -0.461. The van der Waals surface area contributed by atoms with Gasteiger partial charge in [-0.3, -0.25) is 4.99 Å². The molecule has 5 N–H and O–H groups in total. The van der Waals surface area contributed by atoms with E-state index >= 15 is 0 Å². The number of fused-ring (bicyclic) bond motifs is 2. The summed E-state index contributed by atoms with van der Waals surface area (Å²) < 4.78 is 40.0. The van der Waals surface area contributed by atoms with Crippen molar-refractivity contribution >= 4 is 32.3 Å². The molecule has 0 aliphatic carbocycles. The molecule has 1 unspecified atom stereocenters. The van der Waals surface area contributed by atoms with Crippen LogP contribution in [0.3, 0.4) is 0 Å². The van der Waals surface area contributed by atoms with Crippen molar-refractivity contribution in [2.75, 3.05) is 19.3 Å². The van der Waals surface area contributed by atoms with E-state index in [2.05, 4.69) is 26.1 Å². The molecule has 2 aliphatic rings. The molecule has 1 atom stereocenters. The van der Waals surface area contributed by atoms with Crippen LogP contribution in [0.2, 0.25) is 0 Å². The number of aliphatic imine (C=N–C) groups is 1. The molecule has 1 aromatic carbocycles. The molecule has 0 amide bonds. The Morgan fingerprint density at radius 2 is 2.05 bits per heavy atom. The molecule has 0 saturated heterocycles. The van der Waals surface area contributed by atoms with Crippen molar-refractivity contribution in [3.8, 4) is 11.1 Å². The lowest BCUT2D eigenvalue weighted by Gasteiger charge is -2.14. The van der Waals surface area contributed by atoms with Gasteiger partial charge in [0.2, 0.25) is 10.0 Å². The van der Waals surface area contributed by atoms with Crippen LogP contribution in [0, 0.1) is 5.82 Å². The Bertz CT molecular complexity index is 1740. The Morgan fingerprint density at radius 3 is 2.84 bits per heavy atom. The predicted molar refractivity (Wildman–Crippen MR) is 145 cm³/mol. The van der Waals surface area contributed by atoms with E-state index in [0.29, 0.717) is 28.2 Å². The zero-order valence-corrected chi connectivity index (χ0v) is 21.4. The quantitative estimate of drug-likeness (QED) is 0.302. The normalized spacial score (nSPS) is 17.4. The van der Waals surface area contributed by atoms with Crippen molar-refractivity contribution < 1.29 is 12.8 Å². The summed E-state index contributed by atoms with van der Waals surface area (Å²) in [6, 6.07) is 12.2. The Labute approximate surface area is 219 Å². The number of nitrogens with one attached hydrogen (secondary N) is 3. The third-order valence-electron chi connectivity index (χ3n) is 6.72. The van der Waals surface area contributed by atoms with Crippen LogP contribution in [0.5, 0.6) is 0 Å². The number of hydrogen-bond acceptors (Lipinski definition) is 7. The number of aromatic nitrogens is 3. The van der Waals surface area contributed by atoms with Crippen LogP contribution in [-0.4, -0.2) is 48.4 Å². The molecule has 6 rings (SSSR count). The van der Waals surface area contributed by atoms with Crippen molar-refractivity contribution in [3.63, 3.8) is 0 Å². The maximum absolute atomic E-state index is 14.5. The lowest BCUT2D eigenvalue weighted by Crippen LogP contribution is -2.21. The van der Waals surface area contributed by atoms with Gasteiger partial charge in [0.1, 0.15) is 23.3 Å². The molecule has 4 aromatic rings. The molecular formula is C27H26FN7O2S. The van der Waals surface area contributed by atoms with E-state index in [1.807, 2.05) is 18.2 Å².